The van der Waals surface area contributed by atoms with E-state index in [0.717, 1.165) is 5.92 Å². The van der Waals surface area contributed by atoms with Gasteiger partial charge >= 0.3 is 0 Å². The number of halogens is 1. The second-order valence-electron chi connectivity index (χ2n) is 3.97. The fourth-order valence-corrected chi connectivity index (χ4v) is 4.04. The molecule has 1 fully saturated rings. The minimum Gasteiger partial charge on any atom is -0.310 e. The minimum atomic E-state index is 0.615. The Labute approximate surface area is 96.8 Å². The van der Waals surface area contributed by atoms with Crippen LogP contribution >= 0.6 is 27.7 Å². The first-order valence-corrected chi connectivity index (χ1v) is 6.78. The molecule has 1 nitrogen and oxygen atoms in total. The molecule has 0 saturated carbocycles. The lowest BCUT2D eigenvalue weighted by Crippen LogP contribution is -2.22. The minimum absolute atomic E-state index is 0.615. The lowest BCUT2D eigenvalue weighted by molar-refractivity contribution is 0.496. The number of benzene rings is 1. The van der Waals surface area contributed by atoms with Crippen LogP contribution < -0.4 is 5.32 Å². The summed E-state index contributed by atoms with van der Waals surface area (Å²) in [4.78, 5) is 1.46. The molecular formula is C11H12BrNS. The van der Waals surface area contributed by atoms with Gasteiger partial charge in [0, 0.05) is 21.2 Å². The number of hydrogen-bond acceptors (Lipinski definition) is 2. The molecule has 0 radical (unpaired) electrons. The highest BCUT2D eigenvalue weighted by atomic mass is 79.9. The normalized spacial score (nSPS) is 29.8. The number of rotatable bonds is 0. The molecule has 0 spiro atoms. The molecule has 0 amide bonds. The van der Waals surface area contributed by atoms with Gasteiger partial charge in [-0.15, -0.1) is 11.8 Å². The summed E-state index contributed by atoms with van der Waals surface area (Å²) in [6.07, 6.45) is 1.34. The van der Waals surface area contributed by atoms with Crippen molar-refractivity contribution in [2.45, 2.75) is 17.4 Å². The standard InChI is InChI=1S/C11H12BrNS/c12-8-1-2-10-9(5-8)11-7(6-14-10)3-4-13-11/h1-2,5,7,11,13H,3-4,6H2. The predicted octanol–water partition coefficient (Wildman–Crippen LogP) is 3.21. The summed E-state index contributed by atoms with van der Waals surface area (Å²) >= 11 is 5.56. The number of fused-ring (bicyclic) bond motifs is 3. The van der Waals surface area contributed by atoms with Gasteiger partial charge in [-0.05, 0) is 42.6 Å². The van der Waals surface area contributed by atoms with Gasteiger partial charge in [0.2, 0.25) is 0 Å². The molecule has 1 N–H and O–H groups in total. The molecule has 0 aromatic heterocycles. The smallest absolute Gasteiger partial charge is 0.0368 e. The van der Waals surface area contributed by atoms with Crippen LogP contribution in [0, 0.1) is 5.92 Å². The van der Waals surface area contributed by atoms with Crippen LogP contribution in [0.3, 0.4) is 0 Å². The largest absolute Gasteiger partial charge is 0.310 e. The average molecular weight is 270 g/mol. The highest BCUT2D eigenvalue weighted by Crippen LogP contribution is 2.44. The van der Waals surface area contributed by atoms with E-state index < -0.39 is 0 Å². The summed E-state index contributed by atoms with van der Waals surface area (Å²) in [5, 5.41) is 3.61. The van der Waals surface area contributed by atoms with E-state index in [1.54, 1.807) is 0 Å². The van der Waals surface area contributed by atoms with E-state index in [4.69, 9.17) is 0 Å². The molecule has 2 atom stereocenters. The summed E-state index contributed by atoms with van der Waals surface area (Å²) in [6, 6.07) is 7.27. The van der Waals surface area contributed by atoms with Gasteiger partial charge in [0.1, 0.15) is 0 Å². The summed E-state index contributed by atoms with van der Waals surface area (Å²) in [6.45, 7) is 1.18. The van der Waals surface area contributed by atoms with Crippen molar-refractivity contribution in [2.75, 3.05) is 12.3 Å². The predicted molar refractivity (Wildman–Crippen MR) is 63.7 cm³/mol. The van der Waals surface area contributed by atoms with E-state index in [9.17, 15) is 0 Å². The molecular weight excluding hydrogens is 258 g/mol. The Bertz CT molecular complexity index is 366. The first-order chi connectivity index (χ1) is 6.84. The zero-order valence-corrected chi connectivity index (χ0v) is 10.2. The molecule has 3 heteroatoms. The van der Waals surface area contributed by atoms with Crippen molar-refractivity contribution in [3.63, 3.8) is 0 Å². The van der Waals surface area contributed by atoms with E-state index in [0.29, 0.717) is 6.04 Å². The van der Waals surface area contributed by atoms with Gasteiger partial charge in [-0.2, -0.15) is 0 Å². The van der Waals surface area contributed by atoms with Crippen LogP contribution in [0.2, 0.25) is 0 Å². The Morgan fingerprint density at radius 3 is 3.29 bits per heavy atom. The van der Waals surface area contributed by atoms with Crippen LogP contribution in [0.1, 0.15) is 18.0 Å². The third-order valence-corrected chi connectivity index (χ3v) is 4.88. The Morgan fingerprint density at radius 2 is 2.36 bits per heavy atom. The molecule has 0 aliphatic carbocycles. The van der Waals surface area contributed by atoms with E-state index in [2.05, 4.69) is 39.4 Å². The van der Waals surface area contributed by atoms with Gasteiger partial charge in [0.15, 0.2) is 0 Å². The fourth-order valence-electron chi connectivity index (χ4n) is 2.39. The lowest BCUT2D eigenvalue weighted by atomic mass is 9.95. The molecule has 1 aromatic rings. The van der Waals surface area contributed by atoms with Crippen LogP contribution in [0.15, 0.2) is 27.6 Å². The Morgan fingerprint density at radius 1 is 1.43 bits per heavy atom. The first kappa shape index (κ1) is 9.25. The average Bonchev–Trinajstić information content (AvgIpc) is 2.65. The SMILES string of the molecule is Brc1ccc2c(c1)C1NCCC1CS2. The molecule has 2 unspecified atom stereocenters. The molecule has 3 rings (SSSR count). The molecule has 0 bridgehead atoms. The maximum absolute atomic E-state index is 3.61. The van der Waals surface area contributed by atoms with E-state index in [-0.39, 0.29) is 0 Å². The highest BCUT2D eigenvalue weighted by Gasteiger charge is 2.33. The Hall–Kier alpha value is 0.01000. The van der Waals surface area contributed by atoms with Crippen molar-refractivity contribution >= 4 is 27.7 Å². The third-order valence-electron chi connectivity index (χ3n) is 3.11. The summed E-state index contributed by atoms with van der Waals surface area (Å²) in [7, 11) is 0. The zero-order chi connectivity index (χ0) is 9.54. The number of nitrogens with one attached hydrogen (secondary N) is 1. The third kappa shape index (κ3) is 1.42. The van der Waals surface area contributed by atoms with Gasteiger partial charge in [0.05, 0.1) is 0 Å². The molecule has 2 heterocycles. The Balaban J connectivity index is 2.07. The van der Waals surface area contributed by atoms with Crippen molar-refractivity contribution in [3.8, 4) is 0 Å². The van der Waals surface area contributed by atoms with Crippen molar-refractivity contribution in [1.29, 1.82) is 0 Å². The van der Waals surface area contributed by atoms with Gasteiger partial charge in [-0.1, -0.05) is 15.9 Å². The summed E-state index contributed by atoms with van der Waals surface area (Å²) < 4.78 is 1.20. The van der Waals surface area contributed by atoms with Gasteiger partial charge in [-0.25, -0.2) is 0 Å². The summed E-state index contributed by atoms with van der Waals surface area (Å²) in [5.41, 5.74) is 1.50. The van der Waals surface area contributed by atoms with Gasteiger partial charge in [0.25, 0.3) is 0 Å². The van der Waals surface area contributed by atoms with Crippen LogP contribution in [0.4, 0.5) is 0 Å². The maximum atomic E-state index is 3.61. The topological polar surface area (TPSA) is 12.0 Å². The quantitative estimate of drug-likeness (QED) is 0.777. The number of hydrogen-bond donors (Lipinski definition) is 1. The van der Waals surface area contributed by atoms with E-state index in [1.165, 1.54) is 33.7 Å². The maximum Gasteiger partial charge on any atom is 0.0368 e. The lowest BCUT2D eigenvalue weighted by Gasteiger charge is -2.27. The first-order valence-electron chi connectivity index (χ1n) is 5.00. The van der Waals surface area contributed by atoms with Gasteiger partial charge < -0.3 is 5.32 Å². The van der Waals surface area contributed by atoms with Crippen molar-refractivity contribution in [3.05, 3.63) is 28.2 Å². The van der Waals surface area contributed by atoms with Gasteiger partial charge in [-0.3, -0.25) is 0 Å². The van der Waals surface area contributed by atoms with Crippen molar-refractivity contribution in [2.24, 2.45) is 5.92 Å². The van der Waals surface area contributed by atoms with Crippen LogP contribution in [0.25, 0.3) is 0 Å². The molecule has 2 aliphatic rings. The molecule has 74 valence electrons. The second-order valence-corrected chi connectivity index (χ2v) is 5.95. The number of thioether (sulfide) groups is 1. The highest BCUT2D eigenvalue weighted by molar-refractivity contribution is 9.10. The molecule has 1 aromatic carbocycles. The van der Waals surface area contributed by atoms with Crippen molar-refractivity contribution in [1.82, 2.24) is 5.32 Å². The second kappa shape index (κ2) is 3.54. The summed E-state index contributed by atoms with van der Waals surface area (Å²) in [5.74, 6) is 2.13. The van der Waals surface area contributed by atoms with Crippen LogP contribution in [0.5, 0.6) is 0 Å². The fraction of sp³-hybridized carbons (Fsp3) is 0.455. The van der Waals surface area contributed by atoms with E-state index in [1.807, 2.05) is 11.8 Å². The van der Waals surface area contributed by atoms with Crippen molar-refractivity contribution < 1.29 is 0 Å². The molecule has 2 aliphatic heterocycles. The molecule has 14 heavy (non-hydrogen) atoms. The van der Waals surface area contributed by atoms with Crippen LogP contribution in [-0.2, 0) is 0 Å². The molecule has 1 saturated heterocycles. The van der Waals surface area contributed by atoms with E-state index >= 15 is 0 Å². The monoisotopic (exact) mass is 269 g/mol. The Kier molecular flexibility index (Phi) is 2.34. The van der Waals surface area contributed by atoms with Crippen LogP contribution in [-0.4, -0.2) is 12.3 Å². The zero-order valence-electron chi connectivity index (χ0n) is 7.79.